The molecule has 0 aliphatic heterocycles. The Balaban J connectivity index is 1.98. The van der Waals surface area contributed by atoms with E-state index in [0.717, 1.165) is 16.3 Å². The van der Waals surface area contributed by atoms with Gasteiger partial charge < -0.3 is 9.73 Å². The first kappa shape index (κ1) is 9.14. The lowest BCUT2D eigenvalue weighted by Crippen LogP contribution is -1.99. The summed E-state index contributed by atoms with van der Waals surface area (Å²) in [7, 11) is 0. The van der Waals surface area contributed by atoms with Crippen molar-refractivity contribution >= 4 is 17.5 Å². The van der Waals surface area contributed by atoms with Crippen molar-refractivity contribution in [2.24, 2.45) is 0 Å². The van der Waals surface area contributed by atoms with Gasteiger partial charge in [0.15, 0.2) is 0 Å². The van der Waals surface area contributed by atoms with Crippen molar-refractivity contribution in [3.05, 3.63) is 22.5 Å². The molecule has 0 aliphatic rings. The second-order valence-corrected chi connectivity index (χ2v) is 3.77. The summed E-state index contributed by atoms with van der Waals surface area (Å²) in [6.45, 7) is 4.47. The van der Waals surface area contributed by atoms with Crippen molar-refractivity contribution in [3.8, 4) is 0 Å². The Labute approximate surface area is 85.3 Å². The molecule has 0 radical (unpaired) electrons. The summed E-state index contributed by atoms with van der Waals surface area (Å²) in [5.41, 5.74) is 1.82. The molecule has 2 aromatic rings. The van der Waals surface area contributed by atoms with Gasteiger partial charge in [-0.05, 0) is 25.4 Å². The molecule has 0 fully saturated rings. The van der Waals surface area contributed by atoms with Crippen LogP contribution in [0.25, 0.3) is 0 Å². The summed E-state index contributed by atoms with van der Waals surface area (Å²) < 4.78 is 8.98. The van der Waals surface area contributed by atoms with E-state index in [1.807, 2.05) is 13.8 Å². The highest BCUT2D eigenvalue weighted by atomic mass is 32.1. The van der Waals surface area contributed by atoms with E-state index in [1.165, 1.54) is 11.5 Å². The van der Waals surface area contributed by atoms with Gasteiger partial charge in [-0.1, -0.05) is 4.49 Å². The first-order valence-electron chi connectivity index (χ1n) is 4.19. The predicted octanol–water partition coefficient (Wildman–Crippen LogP) is 1.76. The van der Waals surface area contributed by atoms with E-state index in [2.05, 4.69) is 19.9 Å². The zero-order chi connectivity index (χ0) is 9.97. The number of hydrogen-bond acceptors (Lipinski definition) is 6. The Morgan fingerprint density at radius 3 is 2.93 bits per heavy atom. The molecule has 0 atom stereocenters. The van der Waals surface area contributed by atoms with Gasteiger partial charge in [0.1, 0.15) is 6.26 Å². The Hall–Kier alpha value is -1.43. The van der Waals surface area contributed by atoms with Crippen LogP contribution in [0.15, 0.2) is 10.7 Å². The predicted molar refractivity (Wildman–Crippen MR) is 53.2 cm³/mol. The molecule has 0 aliphatic carbocycles. The number of nitrogens with zero attached hydrogens (tertiary/aromatic N) is 3. The fraction of sp³-hybridized carbons (Fsp3) is 0.375. The zero-order valence-electron chi connectivity index (χ0n) is 7.94. The van der Waals surface area contributed by atoms with Crippen molar-refractivity contribution in [2.45, 2.75) is 20.4 Å². The summed E-state index contributed by atoms with van der Waals surface area (Å²) in [6, 6.07) is 0.537. The zero-order valence-corrected chi connectivity index (χ0v) is 8.76. The first-order valence-corrected chi connectivity index (χ1v) is 4.97. The molecular formula is C8H10N4OS. The molecule has 0 saturated heterocycles. The lowest BCUT2D eigenvalue weighted by molar-refractivity contribution is 0.570. The molecule has 1 N–H and O–H groups in total. The topological polar surface area (TPSA) is 63.8 Å². The first-order chi connectivity index (χ1) is 6.75. The van der Waals surface area contributed by atoms with Crippen molar-refractivity contribution in [1.82, 2.24) is 14.6 Å². The van der Waals surface area contributed by atoms with Crippen LogP contribution in [0.2, 0.25) is 0 Å². The number of anilines is 1. The van der Waals surface area contributed by atoms with Crippen LogP contribution >= 0.6 is 11.5 Å². The summed E-state index contributed by atoms with van der Waals surface area (Å²) in [5.74, 6) is 0. The summed E-state index contributed by atoms with van der Waals surface area (Å²) in [6.07, 6.45) is 1.61. The van der Waals surface area contributed by atoms with Crippen molar-refractivity contribution in [2.75, 3.05) is 5.32 Å². The average molecular weight is 210 g/mol. The molecule has 14 heavy (non-hydrogen) atoms. The highest BCUT2D eigenvalue weighted by molar-refractivity contribution is 7.05. The summed E-state index contributed by atoms with van der Waals surface area (Å²) in [5, 5.41) is 6.97. The number of oxazole rings is 1. The normalized spacial score (nSPS) is 10.4. The fourth-order valence-electron chi connectivity index (χ4n) is 1.00. The molecule has 2 heterocycles. The lowest BCUT2D eigenvalue weighted by Gasteiger charge is -1.97. The minimum absolute atomic E-state index is 0.537. The Bertz CT molecular complexity index is 422. The molecule has 2 aromatic heterocycles. The van der Waals surface area contributed by atoms with Gasteiger partial charge >= 0.3 is 0 Å². The highest BCUT2D eigenvalue weighted by Crippen LogP contribution is 2.12. The summed E-state index contributed by atoms with van der Waals surface area (Å²) in [4.78, 5) is 5.22. The monoisotopic (exact) mass is 210 g/mol. The van der Waals surface area contributed by atoms with Crippen molar-refractivity contribution in [1.29, 1.82) is 0 Å². The van der Waals surface area contributed by atoms with Gasteiger partial charge in [-0.3, -0.25) is 0 Å². The van der Waals surface area contributed by atoms with Gasteiger partial charge in [0.05, 0.1) is 22.8 Å². The molecule has 0 aromatic carbocycles. The molecule has 0 saturated carbocycles. The van der Waals surface area contributed by atoms with Gasteiger partial charge in [-0.2, -0.15) is 4.98 Å². The van der Waals surface area contributed by atoms with Crippen LogP contribution < -0.4 is 5.32 Å². The Morgan fingerprint density at radius 2 is 2.36 bits per heavy atom. The maximum atomic E-state index is 5.14. The quantitative estimate of drug-likeness (QED) is 0.836. The van der Waals surface area contributed by atoms with E-state index < -0.39 is 0 Å². The van der Waals surface area contributed by atoms with Gasteiger partial charge in [0.25, 0.3) is 6.01 Å². The molecule has 0 bridgehead atoms. The standard InChI is InChI=1S/C8H10N4OS/c1-5-4-13-8(10-5)9-3-7-6(2)11-12-14-7/h4H,3H2,1-2H3,(H,9,10). The van der Waals surface area contributed by atoms with Crippen LogP contribution in [0.4, 0.5) is 6.01 Å². The second-order valence-electron chi connectivity index (χ2n) is 2.93. The van der Waals surface area contributed by atoms with Gasteiger partial charge in [-0.25, -0.2) is 0 Å². The fourth-order valence-corrected chi connectivity index (χ4v) is 1.58. The largest absolute Gasteiger partial charge is 0.432 e. The molecule has 0 spiro atoms. The van der Waals surface area contributed by atoms with Crippen LogP contribution in [-0.2, 0) is 6.54 Å². The molecule has 0 unspecified atom stereocenters. The average Bonchev–Trinajstić information content (AvgIpc) is 2.72. The molecule has 0 amide bonds. The van der Waals surface area contributed by atoms with E-state index in [1.54, 1.807) is 6.26 Å². The number of aromatic nitrogens is 3. The van der Waals surface area contributed by atoms with E-state index in [9.17, 15) is 0 Å². The van der Waals surface area contributed by atoms with E-state index in [-0.39, 0.29) is 0 Å². The molecular weight excluding hydrogens is 200 g/mol. The minimum atomic E-state index is 0.537. The van der Waals surface area contributed by atoms with Crippen molar-refractivity contribution in [3.63, 3.8) is 0 Å². The summed E-state index contributed by atoms with van der Waals surface area (Å²) >= 11 is 1.38. The van der Waals surface area contributed by atoms with Gasteiger partial charge in [-0.15, -0.1) is 5.10 Å². The molecule has 74 valence electrons. The lowest BCUT2D eigenvalue weighted by atomic mass is 10.4. The van der Waals surface area contributed by atoms with Crippen LogP contribution in [0.3, 0.4) is 0 Å². The highest BCUT2D eigenvalue weighted by Gasteiger charge is 2.04. The number of hydrogen-bond donors (Lipinski definition) is 1. The third kappa shape index (κ3) is 1.90. The SMILES string of the molecule is Cc1coc(NCc2snnc2C)n1. The van der Waals surface area contributed by atoms with Crippen molar-refractivity contribution < 1.29 is 4.42 Å². The third-order valence-electron chi connectivity index (χ3n) is 1.76. The number of aryl methyl sites for hydroxylation is 2. The Morgan fingerprint density at radius 1 is 1.50 bits per heavy atom. The maximum absolute atomic E-state index is 5.14. The molecule has 6 heteroatoms. The number of rotatable bonds is 3. The van der Waals surface area contributed by atoms with E-state index in [4.69, 9.17) is 4.42 Å². The maximum Gasteiger partial charge on any atom is 0.295 e. The molecule has 2 rings (SSSR count). The van der Waals surface area contributed by atoms with Gasteiger partial charge in [0.2, 0.25) is 0 Å². The number of nitrogens with one attached hydrogen (secondary N) is 1. The van der Waals surface area contributed by atoms with Crippen LogP contribution in [0.5, 0.6) is 0 Å². The van der Waals surface area contributed by atoms with Crippen LogP contribution in [-0.4, -0.2) is 14.6 Å². The Kier molecular flexibility index (Phi) is 2.45. The third-order valence-corrected chi connectivity index (χ3v) is 2.59. The minimum Gasteiger partial charge on any atom is -0.432 e. The van der Waals surface area contributed by atoms with Crippen LogP contribution in [0.1, 0.15) is 16.3 Å². The van der Waals surface area contributed by atoms with E-state index in [0.29, 0.717) is 12.6 Å². The second kappa shape index (κ2) is 3.75. The smallest absolute Gasteiger partial charge is 0.295 e. The van der Waals surface area contributed by atoms with E-state index >= 15 is 0 Å². The van der Waals surface area contributed by atoms with Gasteiger partial charge in [0, 0.05) is 0 Å². The molecule has 5 nitrogen and oxygen atoms in total. The van der Waals surface area contributed by atoms with Crippen LogP contribution in [0, 0.1) is 13.8 Å².